The molecule has 0 aliphatic carbocycles. The lowest BCUT2D eigenvalue weighted by atomic mass is 10.1. The van der Waals surface area contributed by atoms with Gasteiger partial charge in [0.25, 0.3) is 11.8 Å². The van der Waals surface area contributed by atoms with E-state index in [9.17, 15) is 9.59 Å². The summed E-state index contributed by atoms with van der Waals surface area (Å²) in [6.45, 7) is 0. The standard InChI is InChI=1S/C21H17ClN2O3/c1-27-19-12-5-4-11-18(19)24-21(26)15-8-6-7-14(13-15)20(25)23-17-10-3-2-9-16(17)22/h2-13H,1H3,(H,23,25)(H,24,26). The molecule has 6 heteroatoms. The van der Waals surface area contributed by atoms with Crippen molar-refractivity contribution in [1.82, 2.24) is 0 Å². The van der Waals surface area contributed by atoms with E-state index in [1.165, 1.54) is 13.2 Å². The minimum atomic E-state index is -0.352. The Morgan fingerprint density at radius 1 is 0.778 bits per heavy atom. The molecule has 0 aromatic heterocycles. The van der Waals surface area contributed by atoms with Crippen LogP contribution in [0.3, 0.4) is 0 Å². The second-order valence-electron chi connectivity index (χ2n) is 5.67. The number of methoxy groups -OCH3 is 1. The molecule has 0 saturated carbocycles. The van der Waals surface area contributed by atoms with Crippen molar-refractivity contribution in [3.05, 3.63) is 88.9 Å². The van der Waals surface area contributed by atoms with Gasteiger partial charge in [0.15, 0.2) is 0 Å². The Hall–Kier alpha value is -3.31. The van der Waals surface area contributed by atoms with E-state index in [2.05, 4.69) is 10.6 Å². The van der Waals surface area contributed by atoms with E-state index in [4.69, 9.17) is 16.3 Å². The van der Waals surface area contributed by atoms with Gasteiger partial charge in [0.1, 0.15) is 5.75 Å². The van der Waals surface area contributed by atoms with Crippen molar-refractivity contribution in [2.75, 3.05) is 17.7 Å². The van der Waals surface area contributed by atoms with Gasteiger partial charge in [-0.3, -0.25) is 9.59 Å². The summed E-state index contributed by atoms with van der Waals surface area (Å²) in [6, 6.07) is 20.5. The predicted octanol–water partition coefficient (Wildman–Crippen LogP) is 4.85. The largest absolute Gasteiger partial charge is 0.495 e. The molecule has 0 atom stereocenters. The number of hydrogen-bond donors (Lipinski definition) is 2. The number of carbonyl (C=O) groups excluding carboxylic acids is 2. The normalized spacial score (nSPS) is 10.1. The van der Waals surface area contributed by atoms with Crippen LogP contribution in [0.25, 0.3) is 0 Å². The highest BCUT2D eigenvalue weighted by molar-refractivity contribution is 6.33. The molecule has 0 unspecified atom stereocenters. The molecule has 3 aromatic rings. The number of hydrogen-bond acceptors (Lipinski definition) is 3. The van der Waals surface area contributed by atoms with Gasteiger partial charge in [0, 0.05) is 11.1 Å². The lowest BCUT2D eigenvalue weighted by Crippen LogP contribution is -2.16. The molecule has 5 nitrogen and oxygen atoms in total. The minimum absolute atomic E-state index is 0.341. The van der Waals surface area contributed by atoms with Crippen molar-refractivity contribution in [3.63, 3.8) is 0 Å². The summed E-state index contributed by atoms with van der Waals surface area (Å²) in [5, 5.41) is 5.96. The monoisotopic (exact) mass is 380 g/mol. The Morgan fingerprint density at radius 2 is 1.33 bits per heavy atom. The van der Waals surface area contributed by atoms with E-state index in [0.717, 1.165) is 0 Å². The average molecular weight is 381 g/mol. The van der Waals surface area contributed by atoms with Crippen LogP contribution in [-0.2, 0) is 0 Å². The van der Waals surface area contributed by atoms with Crippen molar-refractivity contribution < 1.29 is 14.3 Å². The molecular weight excluding hydrogens is 364 g/mol. The maximum atomic E-state index is 12.5. The predicted molar refractivity (Wildman–Crippen MR) is 107 cm³/mol. The number of nitrogens with one attached hydrogen (secondary N) is 2. The van der Waals surface area contributed by atoms with Gasteiger partial charge in [-0.2, -0.15) is 0 Å². The van der Waals surface area contributed by atoms with E-state index in [-0.39, 0.29) is 11.8 Å². The first-order valence-corrected chi connectivity index (χ1v) is 8.56. The van der Waals surface area contributed by atoms with Crippen LogP contribution in [0.2, 0.25) is 5.02 Å². The van der Waals surface area contributed by atoms with Gasteiger partial charge >= 0.3 is 0 Å². The maximum Gasteiger partial charge on any atom is 0.255 e. The first-order chi connectivity index (χ1) is 13.1. The Labute approximate surface area is 161 Å². The van der Waals surface area contributed by atoms with Crippen LogP contribution in [0, 0.1) is 0 Å². The number of rotatable bonds is 5. The van der Waals surface area contributed by atoms with Crippen molar-refractivity contribution in [2.24, 2.45) is 0 Å². The summed E-state index contributed by atoms with van der Waals surface area (Å²) in [6.07, 6.45) is 0. The molecule has 136 valence electrons. The summed E-state index contributed by atoms with van der Waals surface area (Å²) < 4.78 is 5.23. The van der Waals surface area contributed by atoms with Crippen LogP contribution in [-0.4, -0.2) is 18.9 Å². The zero-order valence-corrected chi connectivity index (χ0v) is 15.3. The number of halogens is 1. The number of amides is 2. The Morgan fingerprint density at radius 3 is 1.96 bits per heavy atom. The van der Waals surface area contributed by atoms with E-state index >= 15 is 0 Å². The van der Waals surface area contributed by atoms with E-state index in [1.807, 2.05) is 6.07 Å². The van der Waals surface area contributed by atoms with Crippen molar-refractivity contribution in [2.45, 2.75) is 0 Å². The molecule has 0 aliphatic heterocycles. The highest BCUT2D eigenvalue weighted by Gasteiger charge is 2.13. The van der Waals surface area contributed by atoms with Crippen molar-refractivity contribution >= 4 is 34.8 Å². The molecule has 2 N–H and O–H groups in total. The molecule has 0 saturated heterocycles. The van der Waals surface area contributed by atoms with Crippen molar-refractivity contribution in [3.8, 4) is 5.75 Å². The van der Waals surface area contributed by atoms with Crippen LogP contribution in [0.4, 0.5) is 11.4 Å². The first kappa shape index (κ1) is 18.5. The van der Waals surface area contributed by atoms with Gasteiger partial charge in [-0.25, -0.2) is 0 Å². The Bertz CT molecular complexity index is 988. The molecule has 2 amide bonds. The van der Waals surface area contributed by atoms with Gasteiger partial charge in [-0.1, -0.05) is 41.9 Å². The number of para-hydroxylation sites is 3. The topological polar surface area (TPSA) is 67.4 Å². The van der Waals surface area contributed by atoms with Gasteiger partial charge in [-0.15, -0.1) is 0 Å². The van der Waals surface area contributed by atoms with Gasteiger partial charge < -0.3 is 15.4 Å². The zero-order chi connectivity index (χ0) is 19.2. The molecule has 0 spiro atoms. The van der Waals surface area contributed by atoms with Crippen LogP contribution < -0.4 is 15.4 Å². The van der Waals surface area contributed by atoms with Crippen LogP contribution >= 0.6 is 11.6 Å². The fraction of sp³-hybridized carbons (Fsp3) is 0.0476. The van der Waals surface area contributed by atoms with Crippen LogP contribution in [0.1, 0.15) is 20.7 Å². The lowest BCUT2D eigenvalue weighted by Gasteiger charge is -2.11. The number of ether oxygens (including phenoxy) is 1. The van der Waals surface area contributed by atoms with Gasteiger partial charge in [-0.05, 0) is 42.5 Å². The van der Waals surface area contributed by atoms with Crippen LogP contribution in [0.5, 0.6) is 5.75 Å². The summed E-state index contributed by atoms with van der Waals surface area (Å²) in [5.74, 6) is -0.139. The third kappa shape index (κ3) is 4.46. The number of anilines is 2. The molecule has 3 rings (SSSR count). The summed E-state index contributed by atoms with van der Waals surface area (Å²) in [7, 11) is 1.53. The molecular formula is C21H17ClN2O3. The van der Waals surface area contributed by atoms with Crippen LogP contribution in [0.15, 0.2) is 72.8 Å². The fourth-order valence-corrected chi connectivity index (χ4v) is 2.68. The number of carbonyl (C=O) groups is 2. The Kier molecular flexibility index (Phi) is 5.74. The molecule has 27 heavy (non-hydrogen) atoms. The van der Waals surface area contributed by atoms with E-state index in [0.29, 0.717) is 33.3 Å². The number of benzene rings is 3. The second kappa shape index (κ2) is 8.38. The second-order valence-corrected chi connectivity index (χ2v) is 6.08. The summed E-state index contributed by atoms with van der Waals surface area (Å²) in [5.41, 5.74) is 1.76. The SMILES string of the molecule is COc1ccccc1NC(=O)c1cccc(C(=O)Nc2ccccc2Cl)c1. The van der Waals surface area contributed by atoms with Crippen molar-refractivity contribution in [1.29, 1.82) is 0 Å². The molecule has 0 radical (unpaired) electrons. The van der Waals surface area contributed by atoms with Gasteiger partial charge in [0.2, 0.25) is 0 Å². The maximum absolute atomic E-state index is 12.5. The quantitative estimate of drug-likeness (QED) is 0.664. The minimum Gasteiger partial charge on any atom is -0.495 e. The summed E-state index contributed by atoms with van der Waals surface area (Å²) >= 11 is 6.07. The zero-order valence-electron chi connectivity index (χ0n) is 14.5. The molecule has 0 heterocycles. The highest BCUT2D eigenvalue weighted by atomic mass is 35.5. The molecule has 0 bridgehead atoms. The smallest absolute Gasteiger partial charge is 0.255 e. The Balaban J connectivity index is 1.77. The van der Waals surface area contributed by atoms with E-state index in [1.54, 1.807) is 60.7 Å². The third-order valence-electron chi connectivity index (χ3n) is 3.86. The third-order valence-corrected chi connectivity index (χ3v) is 4.19. The fourth-order valence-electron chi connectivity index (χ4n) is 2.50. The first-order valence-electron chi connectivity index (χ1n) is 8.19. The average Bonchev–Trinajstić information content (AvgIpc) is 2.70. The van der Waals surface area contributed by atoms with Gasteiger partial charge in [0.05, 0.1) is 23.5 Å². The summed E-state index contributed by atoms with van der Waals surface area (Å²) in [4.78, 5) is 25.0. The van der Waals surface area contributed by atoms with E-state index < -0.39 is 0 Å². The highest BCUT2D eigenvalue weighted by Crippen LogP contribution is 2.24. The molecule has 3 aromatic carbocycles. The molecule has 0 aliphatic rings. The lowest BCUT2D eigenvalue weighted by molar-refractivity contribution is 0.102. The molecule has 0 fully saturated rings.